The first-order valence-corrected chi connectivity index (χ1v) is 6.72. The van der Waals surface area contributed by atoms with E-state index in [0.29, 0.717) is 6.61 Å². The molecule has 4 heteroatoms. The van der Waals surface area contributed by atoms with Crippen LogP contribution in [0.1, 0.15) is 25.5 Å². The predicted octanol–water partition coefficient (Wildman–Crippen LogP) is 3.66. The van der Waals surface area contributed by atoms with Crippen LogP contribution in [-0.2, 0) is 0 Å². The average molecular weight is 272 g/mol. The Morgan fingerprint density at radius 3 is 2.55 bits per heavy atom. The quantitative estimate of drug-likeness (QED) is 0.871. The summed E-state index contributed by atoms with van der Waals surface area (Å²) >= 11 is 0. The molecule has 0 spiro atoms. The van der Waals surface area contributed by atoms with Crippen LogP contribution in [0.15, 0.2) is 42.7 Å². The molecule has 0 aliphatic rings. The molecule has 1 aromatic carbocycles. The van der Waals surface area contributed by atoms with Crippen molar-refractivity contribution in [1.29, 1.82) is 0 Å². The first-order valence-electron chi connectivity index (χ1n) is 6.72. The molecule has 1 aromatic heterocycles. The molecule has 0 aliphatic carbocycles. The van der Waals surface area contributed by atoms with Gasteiger partial charge in [-0.1, -0.05) is 0 Å². The molecule has 1 unspecified atom stereocenters. The molecule has 1 N–H and O–H groups in total. The lowest BCUT2D eigenvalue weighted by molar-refractivity contribution is 0.311. The third-order valence-corrected chi connectivity index (χ3v) is 3.05. The minimum Gasteiger partial charge on any atom is -0.493 e. The molecular formula is C16H20N2O2. The molecule has 20 heavy (non-hydrogen) atoms. The van der Waals surface area contributed by atoms with E-state index in [1.165, 1.54) is 5.56 Å². The minimum absolute atomic E-state index is 0.195. The summed E-state index contributed by atoms with van der Waals surface area (Å²) in [5.74, 6) is 1.50. The zero-order valence-electron chi connectivity index (χ0n) is 12.1. The largest absolute Gasteiger partial charge is 0.493 e. The molecule has 0 radical (unpaired) electrons. The number of rotatable bonds is 6. The highest BCUT2D eigenvalue weighted by Crippen LogP contribution is 2.31. The fourth-order valence-corrected chi connectivity index (χ4v) is 2.02. The second-order valence-corrected chi connectivity index (χ2v) is 4.45. The highest BCUT2D eigenvalue weighted by molar-refractivity contribution is 5.55. The van der Waals surface area contributed by atoms with Crippen LogP contribution in [0.5, 0.6) is 11.5 Å². The lowest BCUT2D eigenvalue weighted by Crippen LogP contribution is -2.07. The van der Waals surface area contributed by atoms with Crippen molar-refractivity contribution in [3.63, 3.8) is 0 Å². The highest BCUT2D eigenvalue weighted by atomic mass is 16.5. The van der Waals surface area contributed by atoms with Gasteiger partial charge in [0.05, 0.1) is 13.7 Å². The summed E-state index contributed by atoms with van der Waals surface area (Å²) in [5.41, 5.74) is 2.18. The standard InChI is InChI=1S/C16H20N2O2/c1-4-20-15-6-5-14(11-16(15)19-3)18-12(2)13-7-9-17-10-8-13/h5-12,18H,4H2,1-3H3. The number of ether oxygens (including phenoxy) is 2. The smallest absolute Gasteiger partial charge is 0.162 e. The monoisotopic (exact) mass is 272 g/mol. The van der Waals surface area contributed by atoms with Gasteiger partial charge in [0.2, 0.25) is 0 Å². The Morgan fingerprint density at radius 1 is 1.15 bits per heavy atom. The number of pyridine rings is 1. The van der Waals surface area contributed by atoms with E-state index in [4.69, 9.17) is 9.47 Å². The second-order valence-electron chi connectivity index (χ2n) is 4.45. The minimum atomic E-state index is 0.195. The van der Waals surface area contributed by atoms with Gasteiger partial charge in [-0.2, -0.15) is 0 Å². The summed E-state index contributed by atoms with van der Waals surface area (Å²) < 4.78 is 10.9. The van der Waals surface area contributed by atoms with Gasteiger partial charge in [-0.3, -0.25) is 4.98 Å². The number of nitrogens with zero attached hydrogens (tertiary/aromatic N) is 1. The molecule has 4 nitrogen and oxygen atoms in total. The Hall–Kier alpha value is -2.23. The number of anilines is 1. The van der Waals surface area contributed by atoms with Crippen LogP contribution in [-0.4, -0.2) is 18.7 Å². The number of methoxy groups -OCH3 is 1. The van der Waals surface area contributed by atoms with Gasteiger partial charge in [0.1, 0.15) is 0 Å². The Kier molecular flexibility index (Phi) is 4.82. The number of hydrogen-bond donors (Lipinski definition) is 1. The molecule has 0 aliphatic heterocycles. The molecule has 0 amide bonds. The SMILES string of the molecule is CCOc1ccc(NC(C)c2ccncc2)cc1OC. The lowest BCUT2D eigenvalue weighted by Gasteiger charge is -2.17. The molecule has 2 aromatic rings. The zero-order valence-corrected chi connectivity index (χ0v) is 12.1. The molecule has 1 atom stereocenters. The van der Waals surface area contributed by atoms with E-state index in [9.17, 15) is 0 Å². The van der Waals surface area contributed by atoms with E-state index in [1.54, 1.807) is 19.5 Å². The average Bonchev–Trinajstić information content (AvgIpc) is 2.50. The first-order chi connectivity index (χ1) is 9.74. The Morgan fingerprint density at radius 2 is 1.90 bits per heavy atom. The molecule has 1 heterocycles. The number of benzene rings is 1. The van der Waals surface area contributed by atoms with E-state index in [1.807, 2.05) is 37.3 Å². The molecule has 106 valence electrons. The molecule has 0 saturated carbocycles. The summed E-state index contributed by atoms with van der Waals surface area (Å²) in [6.45, 7) is 4.69. The van der Waals surface area contributed by atoms with Gasteiger partial charge < -0.3 is 14.8 Å². The maximum atomic E-state index is 5.51. The summed E-state index contributed by atoms with van der Waals surface area (Å²) in [7, 11) is 1.65. The van der Waals surface area contributed by atoms with Crippen molar-refractivity contribution >= 4 is 5.69 Å². The predicted molar refractivity (Wildman–Crippen MR) is 80.4 cm³/mol. The first kappa shape index (κ1) is 14.2. The van der Waals surface area contributed by atoms with E-state index in [-0.39, 0.29) is 6.04 Å². The van der Waals surface area contributed by atoms with Crippen LogP contribution in [0.2, 0.25) is 0 Å². The molecule has 2 rings (SSSR count). The van der Waals surface area contributed by atoms with Gasteiger partial charge in [-0.25, -0.2) is 0 Å². The number of hydrogen-bond acceptors (Lipinski definition) is 4. The number of aromatic nitrogens is 1. The van der Waals surface area contributed by atoms with Crippen LogP contribution in [0.25, 0.3) is 0 Å². The van der Waals surface area contributed by atoms with Crippen LogP contribution in [0.4, 0.5) is 5.69 Å². The van der Waals surface area contributed by atoms with Gasteiger partial charge in [0.15, 0.2) is 11.5 Å². The lowest BCUT2D eigenvalue weighted by atomic mass is 10.1. The van der Waals surface area contributed by atoms with E-state index in [2.05, 4.69) is 17.2 Å². The van der Waals surface area contributed by atoms with Crippen LogP contribution in [0, 0.1) is 0 Å². The van der Waals surface area contributed by atoms with Gasteiger partial charge in [-0.05, 0) is 43.7 Å². The van der Waals surface area contributed by atoms with Crippen molar-refractivity contribution in [3.8, 4) is 11.5 Å². The molecule has 0 bridgehead atoms. The molecule has 0 fully saturated rings. The van der Waals surface area contributed by atoms with Crippen molar-refractivity contribution in [1.82, 2.24) is 4.98 Å². The maximum absolute atomic E-state index is 5.51. The van der Waals surface area contributed by atoms with E-state index in [0.717, 1.165) is 17.2 Å². The second kappa shape index (κ2) is 6.80. The topological polar surface area (TPSA) is 43.4 Å². The van der Waals surface area contributed by atoms with E-state index < -0.39 is 0 Å². The molecular weight excluding hydrogens is 252 g/mol. The van der Waals surface area contributed by atoms with Crippen molar-refractivity contribution in [2.24, 2.45) is 0 Å². The van der Waals surface area contributed by atoms with Crippen LogP contribution in [0.3, 0.4) is 0 Å². The van der Waals surface area contributed by atoms with Gasteiger partial charge in [-0.15, -0.1) is 0 Å². The highest BCUT2D eigenvalue weighted by Gasteiger charge is 2.08. The Bertz CT molecular complexity index is 543. The third-order valence-electron chi connectivity index (χ3n) is 3.05. The number of nitrogens with one attached hydrogen (secondary N) is 1. The molecule has 0 saturated heterocycles. The maximum Gasteiger partial charge on any atom is 0.162 e. The fraction of sp³-hybridized carbons (Fsp3) is 0.312. The Labute approximate surface area is 119 Å². The summed E-state index contributed by atoms with van der Waals surface area (Å²) in [4.78, 5) is 4.03. The summed E-state index contributed by atoms with van der Waals surface area (Å²) in [6.07, 6.45) is 3.60. The third kappa shape index (κ3) is 3.41. The van der Waals surface area contributed by atoms with Gasteiger partial charge in [0.25, 0.3) is 0 Å². The fourth-order valence-electron chi connectivity index (χ4n) is 2.02. The van der Waals surface area contributed by atoms with Crippen LogP contribution >= 0.6 is 0 Å². The normalized spacial score (nSPS) is 11.8. The Balaban J connectivity index is 2.13. The van der Waals surface area contributed by atoms with Crippen LogP contribution < -0.4 is 14.8 Å². The zero-order chi connectivity index (χ0) is 14.4. The summed E-state index contributed by atoms with van der Waals surface area (Å²) in [6, 6.07) is 10.1. The van der Waals surface area contributed by atoms with Crippen molar-refractivity contribution < 1.29 is 9.47 Å². The van der Waals surface area contributed by atoms with Crippen molar-refractivity contribution in [3.05, 3.63) is 48.3 Å². The van der Waals surface area contributed by atoms with Gasteiger partial charge >= 0.3 is 0 Å². The van der Waals surface area contributed by atoms with Crippen molar-refractivity contribution in [2.45, 2.75) is 19.9 Å². The summed E-state index contributed by atoms with van der Waals surface area (Å²) in [5, 5.41) is 3.44. The van der Waals surface area contributed by atoms with Crippen molar-refractivity contribution in [2.75, 3.05) is 19.0 Å². The van der Waals surface area contributed by atoms with E-state index >= 15 is 0 Å². The van der Waals surface area contributed by atoms with Gasteiger partial charge in [0, 0.05) is 30.2 Å².